The van der Waals surface area contributed by atoms with Crippen molar-refractivity contribution >= 4 is 11.8 Å². The number of ether oxygens (including phenoxy) is 1. The fourth-order valence-electron chi connectivity index (χ4n) is 5.59. The molecule has 0 amide bonds. The zero-order chi connectivity index (χ0) is 23.1. The molecule has 0 heterocycles. The van der Waals surface area contributed by atoms with Crippen LogP contribution in [0.5, 0.6) is 0 Å². The van der Waals surface area contributed by atoms with Gasteiger partial charge < -0.3 is 14.9 Å². The number of carbonyl (C=O) groups is 2. The molecule has 0 bridgehead atoms. The van der Waals surface area contributed by atoms with Gasteiger partial charge in [0.25, 0.3) is 0 Å². The maximum Gasteiger partial charge on any atom is 0.305 e. The summed E-state index contributed by atoms with van der Waals surface area (Å²) in [7, 11) is 1.39. The molecule has 5 nitrogen and oxygen atoms in total. The zero-order valence-corrected chi connectivity index (χ0v) is 19.5. The van der Waals surface area contributed by atoms with Crippen molar-refractivity contribution in [3.63, 3.8) is 0 Å². The van der Waals surface area contributed by atoms with Gasteiger partial charge in [-0.3, -0.25) is 9.59 Å². The highest BCUT2D eigenvalue weighted by molar-refractivity contribution is 5.85. The van der Waals surface area contributed by atoms with Gasteiger partial charge in [0.05, 0.1) is 19.3 Å². The molecule has 0 aromatic heterocycles. The van der Waals surface area contributed by atoms with Gasteiger partial charge in [-0.05, 0) is 49.7 Å². The van der Waals surface area contributed by atoms with E-state index in [1.54, 1.807) is 0 Å². The van der Waals surface area contributed by atoms with Gasteiger partial charge in [0, 0.05) is 30.1 Å². The molecule has 1 aromatic rings. The standard InChI is InChI=1S/C27H38O5/c1-3-14-27(15-9-16-27)26(31)20-11-8-10-19(17-20)25-21(22(28)18-23(25)29)12-6-4-5-7-13-24(30)32-2/h4,6,8,10-11,17,21,23,25-26,29,31H,3,5,7,9,12-16,18H2,1-2H3/t21-,23+,25+,26?/m0/s1. The van der Waals surface area contributed by atoms with Crippen LogP contribution in [-0.4, -0.2) is 35.2 Å². The van der Waals surface area contributed by atoms with Crippen molar-refractivity contribution in [2.75, 3.05) is 7.11 Å². The van der Waals surface area contributed by atoms with E-state index in [-0.39, 0.29) is 35.4 Å². The maximum absolute atomic E-state index is 12.6. The quantitative estimate of drug-likeness (QED) is 0.286. The van der Waals surface area contributed by atoms with Crippen LogP contribution >= 0.6 is 0 Å². The average molecular weight is 443 g/mol. The Morgan fingerprint density at radius 1 is 1.31 bits per heavy atom. The second-order valence-corrected chi connectivity index (χ2v) is 9.58. The van der Waals surface area contributed by atoms with Crippen molar-refractivity contribution in [3.8, 4) is 0 Å². The van der Waals surface area contributed by atoms with Crippen LogP contribution in [0.15, 0.2) is 36.4 Å². The molecule has 2 aliphatic carbocycles. The summed E-state index contributed by atoms with van der Waals surface area (Å²) in [6, 6.07) is 7.91. The van der Waals surface area contributed by atoms with E-state index < -0.39 is 12.2 Å². The van der Waals surface area contributed by atoms with Crippen molar-refractivity contribution in [2.45, 2.75) is 89.3 Å². The van der Waals surface area contributed by atoms with Crippen LogP contribution in [0.3, 0.4) is 0 Å². The van der Waals surface area contributed by atoms with E-state index in [9.17, 15) is 19.8 Å². The van der Waals surface area contributed by atoms with Gasteiger partial charge in [-0.25, -0.2) is 0 Å². The van der Waals surface area contributed by atoms with Crippen LogP contribution in [0.2, 0.25) is 0 Å². The number of hydrogen-bond acceptors (Lipinski definition) is 5. The van der Waals surface area contributed by atoms with Gasteiger partial charge in [-0.15, -0.1) is 0 Å². The van der Waals surface area contributed by atoms with Gasteiger partial charge in [-0.1, -0.05) is 56.2 Å². The summed E-state index contributed by atoms with van der Waals surface area (Å²) in [6.45, 7) is 2.16. The first kappa shape index (κ1) is 24.7. The number of aliphatic hydroxyl groups excluding tert-OH is 2. The Kier molecular flexibility index (Phi) is 8.66. The summed E-state index contributed by atoms with van der Waals surface area (Å²) < 4.78 is 4.65. The molecule has 0 saturated heterocycles. The molecular weight excluding hydrogens is 404 g/mol. The third-order valence-electron chi connectivity index (χ3n) is 7.50. The largest absolute Gasteiger partial charge is 0.469 e. The number of ketones is 1. The lowest BCUT2D eigenvalue weighted by atomic mass is 9.61. The number of unbranched alkanes of at least 4 members (excludes halogenated alkanes) is 1. The Balaban J connectivity index is 1.69. The third kappa shape index (κ3) is 5.49. The highest BCUT2D eigenvalue weighted by Gasteiger charge is 2.44. The van der Waals surface area contributed by atoms with Crippen molar-refractivity contribution in [1.29, 1.82) is 0 Å². The first-order valence-corrected chi connectivity index (χ1v) is 12.1. The first-order valence-electron chi connectivity index (χ1n) is 12.1. The highest BCUT2D eigenvalue weighted by atomic mass is 16.5. The van der Waals surface area contributed by atoms with Crippen molar-refractivity contribution in [2.24, 2.45) is 11.3 Å². The minimum atomic E-state index is -0.694. The predicted molar refractivity (Wildman–Crippen MR) is 124 cm³/mol. The number of benzene rings is 1. The van der Waals surface area contributed by atoms with E-state index in [2.05, 4.69) is 11.7 Å². The molecule has 2 aliphatic rings. The third-order valence-corrected chi connectivity index (χ3v) is 7.50. The minimum Gasteiger partial charge on any atom is -0.469 e. The Bertz CT molecular complexity index is 810. The topological polar surface area (TPSA) is 83.8 Å². The molecule has 2 saturated carbocycles. The lowest BCUT2D eigenvalue weighted by Crippen LogP contribution is -2.36. The van der Waals surface area contributed by atoms with Crippen LogP contribution in [-0.2, 0) is 14.3 Å². The van der Waals surface area contributed by atoms with Crippen LogP contribution in [0.25, 0.3) is 0 Å². The van der Waals surface area contributed by atoms with Gasteiger partial charge in [0.1, 0.15) is 5.78 Å². The van der Waals surface area contributed by atoms with Crippen LogP contribution in [0.4, 0.5) is 0 Å². The zero-order valence-electron chi connectivity index (χ0n) is 19.5. The first-order chi connectivity index (χ1) is 15.4. The number of esters is 1. The summed E-state index contributed by atoms with van der Waals surface area (Å²) in [5, 5.41) is 21.9. The second-order valence-electron chi connectivity index (χ2n) is 9.58. The normalized spacial score (nSPS) is 25.6. The van der Waals surface area contributed by atoms with Crippen molar-refractivity contribution in [1.82, 2.24) is 0 Å². The number of allylic oxidation sites excluding steroid dienone is 2. The fraction of sp³-hybridized carbons (Fsp3) is 0.630. The highest BCUT2D eigenvalue weighted by Crippen LogP contribution is 2.53. The SMILES string of the molecule is CCCC1(C(O)c2cccc([C@H]3[C@H](O)CC(=O)[C@@H]3CC=CCCCC(=O)OC)c2)CCC1. The van der Waals surface area contributed by atoms with Gasteiger partial charge >= 0.3 is 5.97 Å². The van der Waals surface area contributed by atoms with E-state index in [1.807, 2.05) is 36.4 Å². The van der Waals surface area contributed by atoms with E-state index in [0.29, 0.717) is 19.3 Å². The van der Waals surface area contributed by atoms with E-state index in [1.165, 1.54) is 13.5 Å². The van der Waals surface area contributed by atoms with E-state index in [4.69, 9.17) is 0 Å². The molecule has 1 unspecified atom stereocenters. The summed E-state index contributed by atoms with van der Waals surface area (Å²) in [4.78, 5) is 23.8. The smallest absolute Gasteiger partial charge is 0.305 e. The maximum atomic E-state index is 12.6. The Labute approximate surface area is 191 Å². The molecule has 0 spiro atoms. The minimum absolute atomic E-state index is 0.0240. The number of hydrogen-bond donors (Lipinski definition) is 2. The molecular formula is C27H38O5. The van der Waals surface area contributed by atoms with Crippen LogP contribution in [0.1, 0.15) is 94.3 Å². The number of Topliss-reactive ketones (excluding diaryl/α,β-unsaturated/α-hetero) is 1. The number of aliphatic hydroxyl groups is 2. The number of carbonyl (C=O) groups excluding carboxylic acids is 2. The molecule has 5 heteroatoms. The average Bonchev–Trinajstić information content (AvgIpc) is 3.05. The summed E-state index contributed by atoms with van der Waals surface area (Å²) in [5.74, 6) is -0.633. The lowest BCUT2D eigenvalue weighted by Gasteiger charge is -2.46. The molecule has 2 fully saturated rings. The van der Waals surface area contributed by atoms with E-state index in [0.717, 1.165) is 43.2 Å². The molecule has 0 aliphatic heterocycles. The second kappa shape index (κ2) is 11.2. The van der Waals surface area contributed by atoms with Crippen molar-refractivity contribution < 1.29 is 24.5 Å². The molecule has 2 N–H and O–H groups in total. The molecule has 3 rings (SSSR count). The number of methoxy groups -OCH3 is 1. The molecule has 0 radical (unpaired) electrons. The Morgan fingerprint density at radius 2 is 2.09 bits per heavy atom. The summed E-state index contributed by atoms with van der Waals surface area (Å²) in [6.07, 6.45) is 10.8. The molecule has 176 valence electrons. The van der Waals surface area contributed by atoms with Gasteiger partial charge in [-0.2, -0.15) is 0 Å². The van der Waals surface area contributed by atoms with Gasteiger partial charge in [0.15, 0.2) is 0 Å². The Morgan fingerprint density at radius 3 is 2.75 bits per heavy atom. The monoisotopic (exact) mass is 442 g/mol. The molecule has 1 aromatic carbocycles. The van der Waals surface area contributed by atoms with Crippen LogP contribution < -0.4 is 0 Å². The van der Waals surface area contributed by atoms with Gasteiger partial charge in [0.2, 0.25) is 0 Å². The molecule has 32 heavy (non-hydrogen) atoms. The lowest BCUT2D eigenvalue weighted by molar-refractivity contribution is -0.140. The summed E-state index contributed by atoms with van der Waals surface area (Å²) in [5.41, 5.74) is 1.82. The Hall–Kier alpha value is -1.98. The van der Waals surface area contributed by atoms with Crippen molar-refractivity contribution in [3.05, 3.63) is 47.5 Å². The predicted octanol–water partition coefficient (Wildman–Crippen LogP) is 5.01. The summed E-state index contributed by atoms with van der Waals surface area (Å²) >= 11 is 0. The van der Waals surface area contributed by atoms with Crippen LogP contribution in [0, 0.1) is 11.3 Å². The fourth-order valence-corrected chi connectivity index (χ4v) is 5.59. The van der Waals surface area contributed by atoms with E-state index >= 15 is 0 Å². The number of rotatable bonds is 11. The molecule has 4 atom stereocenters.